The molecule has 0 fully saturated rings. The van der Waals surface area contributed by atoms with Gasteiger partial charge in [-0.05, 0) is 6.42 Å². The Labute approximate surface area is 58.2 Å². The summed E-state index contributed by atoms with van der Waals surface area (Å²) in [6.07, 6.45) is -1.36. The van der Waals surface area contributed by atoms with Crippen molar-refractivity contribution in [3.05, 3.63) is 0 Å². The first-order chi connectivity index (χ1) is 4.70. The second-order valence-corrected chi connectivity index (χ2v) is 1.80. The van der Waals surface area contributed by atoms with E-state index in [2.05, 4.69) is 4.74 Å². The van der Waals surface area contributed by atoms with Gasteiger partial charge in [0.15, 0.2) is 6.67 Å². The van der Waals surface area contributed by atoms with E-state index in [1.54, 1.807) is 6.92 Å². The number of halogens is 2. The van der Waals surface area contributed by atoms with Crippen molar-refractivity contribution >= 4 is 5.97 Å². The molecule has 0 amide bonds. The zero-order valence-electron chi connectivity index (χ0n) is 5.77. The van der Waals surface area contributed by atoms with E-state index in [0.717, 1.165) is 0 Å². The first-order valence-electron chi connectivity index (χ1n) is 3.10. The summed E-state index contributed by atoms with van der Waals surface area (Å²) in [6.45, 7) is 0.486. The van der Waals surface area contributed by atoms with Gasteiger partial charge in [0.05, 0.1) is 0 Å². The van der Waals surface area contributed by atoms with Gasteiger partial charge < -0.3 is 4.74 Å². The van der Waals surface area contributed by atoms with Crippen LogP contribution in [0.5, 0.6) is 0 Å². The Morgan fingerprint density at radius 1 is 1.70 bits per heavy atom. The van der Waals surface area contributed by atoms with Crippen LogP contribution in [-0.4, -0.2) is 19.0 Å². The zero-order valence-corrected chi connectivity index (χ0v) is 5.77. The Morgan fingerprint density at radius 3 is 2.70 bits per heavy atom. The van der Waals surface area contributed by atoms with Gasteiger partial charge in [0, 0.05) is 6.42 Å². The van der Waals surface area contributed by atoms with Crippen LogP contribution in [0.3, 0.4) is 0 Å². The molecule has 0 radical (unpaired) electrons. The zero-order chi connectivity index (χ0) is 7.98. The quantitative estimate of drug-likeness (QED) is 0.572. The Morgan fingerprint density at radius 2 is 2.30 bits per heavy atom. The van der Waals surface area contributed by atoms with E-state index in [0.29, 0.717) is 6.42 Å². The van der Waals surface area contributed by atoms with Crippen LogP contribution in [0.4, 0.5) is 8.78 Å². The molecule has 0 heterocycles. The normalized spacial score (nSPS) is 12.7. The van der Waals surface area contributed by atoms with Crippen molar-refractivity contribution in [2.75, 3.05) is 6.67 Å². The van der Waals surface area contributed by atoms with Crippen molar-refractivity contribution in [2.24, 2.45) is 0 Å². The number of carbonyl (C=O) groups is 1. The molecule has 2 nitrogen and oxygen atoms in total. The minimum atomic E-state index is -2.08. The molecule has 0 N–H and O–H groups in total. The summed E-state index contributed by atoms with van der Waals surface area (Å²) in [4.78, 5) is 10.4. The molecule has 60 valence electrons. The monoisotopic (exact) mass is 152 g/mol. The van der Waals surface area contributed by atoms with Gasteiger partial charge in [0.25, 0.3) is 6.36 Å². The van der Waals surface area contributed by atoms with Gasteiger partial charge in [-0.15, -0.1) is 0 Å². The van der Waals surface area contributed by atoms with Crippen LogP contribution in [-0.2, 0) is 9.53 Å². The number of hydrogen-bond acceptors (Lipinski definition) is 2. The summed E-state index contributed by atoms with van der Waals surface area (Å²) in [5.74, 6) is -0.687. The highest BCUT2D eigenvalue weighted by atomic mass is 19.2. The van der Waals surface area contributed by atoms with Crippen molar-refractivity contribution in [1.82, 2.24) is 0 Å². The van der Waals surface area contributed by atoms with Gasteiger partial charge in [-0.25, -0.2) is 4.39 Å². The molecule has 0 bridgehead atoms. The van der Waals surface area contributed by atoms with Gasteiger partial charge in [-0.3, -0.25) is 4.79 Å². The van der Waals surface area contributed by atoms with Crippen LogP contribution in [0.1, 0.15) is 19.8 Å². The average Bonchev–Trinajstić information content (AvgIpc) is 1.88. The molecule has 0 saturated carbocycles. The summed E-state index contributed by atoms with van der Waals surface area (Å²) in [5.41, 5.74) is 0. The second-order valence-electron chi connectivity index (χ2n) is 1.80. The molecule has 1 atom stereocenters. The molecular weight excluding hydrogens is 142 g/mol. The molecule has 0 spiro atoms. The molecule has 0 aliphatic carbocycles. The van der Waals surface area contributed by atoms with Crippen molar-refractivity contribution < 1.29 is 18.3 Å². The van der Waals surface area contributed by atoms with Gasteiger partial charge in [0.2, 0.25) is 0 Å². The third-order valence-electron chi connectivity index (χ3n) is 0.835. The second kappa shape index (κ2) is 5.14. The Balaban J connectivity index is 3.37. The van der Waals surface area contributed by atoms with Crippen LogP contribution >= 0.6 is 0 Å². The van der Waals surface area contributed by atoms with Crippen LogP contribution in [0.25, 0.3) is 0 Å². The summed E-state index contributed by atoms with van der Waals surface area (Å²) in [5, 5.41) is 0. The molecule has 0 aliphatic heterocycles. The van der Waals surface area contributed by atoms with Crippen LogP contribution in [0, 0.1) is 0 Å². The molecule has 0 aromatic carbocycles. The van der Waals surface area contributed by atoms with E-state index in [1.165, 1.54) is 0 Å². The maximum atomic E-state index is 11.9. The van der Waals surface area contributed by atoms with E-state index in [-0.39, 0.29) is 6.42 Å². The lowest BCUT2D eigenvalue weighted by molar-refractivity contribution is -0.159. The number of esters is 1. The lowest BCUT2D eigenvalue weighted by atomic mass is 10.3. The number of hydrogen-bond donors (Lipinski definition) is 0. The summed E-state index contributed by atoms with van der Waals surface area (Å²) < 4.78 is 27.2. The van der Waals surface area contributed by atoms with E-state index < -0.39 is 19.0 Å². The summed E-state index contributed by atoms with van der Waals surface area (Å²) in [6, 6.07) is 0. The van der Waals surface area contributed by atoms with Crippen molar-refractivity contribution in [3.63, 3.8) is 0 Å². The molecule has 0 saturated heterocycles. The minimum Gasteiger partial charge on any atom is -0.428 e. The van der Waals surface area contributed by atoms with E-state index in [1.807, 2.05) is 0 Å². The van der Waals surface area contributed by atoms with Gasteiger partial charge in [-0.1, -0.05) is 6.92 Å². The third kappa shape index (κ3) is 4.23. The van der Waals surface area contributed by atoms with E-state index in [4.69, 9.17) is 0 Å². The topological polar surface area (TPSA) is 26.3 Å². The molecule has 0 aromatic heterocycles. The number of rotatable bonds is 4. The average molecular weight is 152 g/mol. The lowest BCUT2D eigenvalue weighted by Crippen LogP contribution is -2.14. The standard InChI is InChI=1S/C6H10F2O2/c1-2-3-6(9)10-5(8)4-7/h5H,2-4H2,1H3. The maximum absolute atomic E-state index is 11.9. The lowest BCUT2D eigenvalue weighted by Gasteiger charge is -2.04. The van der Waals surface area contributed by atoms with Crippen molar-refractivity contribution in [2.45, 2.75) is 26.1 Å². The minimum absolute atomic E-state index is 0.139. The van der Waals surface area contributed by atoms with Gasteiger partial charge in [-0.2, -0.15) is 4.39 Å². The Kier molecular flexibility index (Phi) is 4.80. The first kappa shape index (κ1) is 9.33. The van der Waals surface area contributed by atoms with Crippen molar-refractivity contribution in [1.29, 1.82) is 0 Å². The SMILES string of the molecule is CCCC(=O)OC(F)CF. The highest BCUT2D eigenvalue weighted by Gasteiger charge is 2.10. The number of carbonyl (C=O) groups excluding carboxylic acids is 1. The largest absolute Gasteiger partial charge is 0.428 e. The van der Waals surface area contributed by atoms with Gasteiger partial charge >= 0.3 is 5.97 Å². The molecular formula is C6H10F2O2. The Hall–Kier alpha value is -0.670. The third-order valence-corrected chi connectivity index (χ3v) is 0.835. The predicted octanol–water partition coefficient (Wildman–Crippen LogP) is 1.59. The summed E-state index contributed by atoms with van der Waals surface area (Å²) in [7, 11) is 0. The van der Waals surface area contributed by atoms with Crippen LogP contribution < -0.4 is 0 Å². The fraction of sp³-hybridized carbons (Fsp3) is 0.833. The Bertz CT molecular complexity index is 106. The fourth-order valence-corrected chi connectivity index (χ4v) is 0.437. The molecule has 4 heteroatoms. The smallest absolute Gasteiger partial charge is 0.308 e. The highest BCUT2D eigenvalue weighted by molar-refractivity contribution is 5.69. The first-order valence-corrected chi connectivity index (χ1v) is 3.10. The predicted molar refractivity (Wildman–Crippen MR) is 31.9 cm³/mol. The van der Waals surface area contributed by atoms with Crippen LogP contribution in [0.2, 0.25) is 0 Å². The van der Waals surface area contributed by atoms with Crippen LogP contribution in [0.15, 0.2) is 0 Å². The van der Waals surface area contributed by atoms with Crippen molar-refractivity contribution in [3.8, 4) is 0 Å². The molecule has 0 aliphatic rings. The molecule has 0 aromatic rings. The maximum Gasteiger partial charge on any atom is 0.308 e. The molecule has 10 heavy (non-hydrogen) atoms. The molecule has 1 unspecified atom stereocenters. The number of ether oxygens (including phenoxy) is 1. The van der Waals surface area contributed by atoms with E-state index >= 15 is 0 Å². The summed E-state index contributed by atoms with van der Waals surface area (Å²) >= 11 is 0. The van der Waals surface area contributed by atoms with E-state index in [9.17, 15) is 13.6 Å². The van der Waals surface area contributed by atoms with Gasteiger partial charge in [0.1, 0.15) is 0 Å². The molecule has 0 rings (SSSR count). The fourth-order valence-electron chi connectivity index (χ4n) is 0.437. The number of alkyl halides is 2. The highest BCUT2D eigenvalue weighted by Crippen LogP contribution is 1.98.